The molecule has 0 aliphatic rings. The van der Waals surface area contributed by atoms with E-state index in [1.807, 2.05) is 19.9 Å². The lowest BCUT2D eigenvalue weighted by atomic mass is 9.87. The van der Waals surface area contributed by atoms with Gasteiger partial charge in [0.25, 0.3) is 0 Å². The van der Waals surface area contributed by atoms with E-state index in [-0.39, 0.29) is 17.1 Å². The molecule has 3 heteroatoms. The van der Waals surface area contributed by atoms with Gasteiger partial charge in [0.1, 0.15) is 0 Å². The summed E-state index contributed by atoms with van der Waals surface area (Å²) in [5.41, 5.74) is 5.21. The van der Waals surface area contributed by atoms with Crippen molar-refractivity contribution in [2.24, 2.45) is 0 Å². The molecule has 1 aromatic carbocycles. The van der Waals surface area contributed by atoms with E-state index in [1.165, 1.54) is 5.56 Å². The average Bonchev–Trinajstić information content (AvgIpc) is 2.72. The Morgan fingerprint density at radius 1 is 1.14 bits per heavy atom. The standard InChI is InChI=1S/C18H22ClNO/c1-12-10-16(17(21)11-19)13(2)20(12)15-8-6-14(7-9-15)18(3,4)5/h6-10H,11H2,1-5H3. The normalized spacial score (nSPS) is 11.7. The monoisotopic (exact) mass is 303 g/mol. The fourth-order valence-corrected chi connectivity index (χ4v) is 2.77. The van der Waals surface area contributed by atoms with Gasteiger partial charge in [-0.3, -0.25) is 4.79 Å². The van der Waals surface area contributed by atoms with Crippen molar-refractivity contribution in [2.75, 3.05) is 5.88 Å². The van der Waals surface area contributed by atoms with E-state index in [0.717, 1.165) is 17.1 Å². The van der Waals surface area contributed by atoms with E-state index in [2.05, 4.69) is 49.6 Å². The lowest BCUT2D eigenvalue weighted by Crippen LogP contribution is -2.11. The van der Waals surface area contributed by atoms with Crippen LogP contribution in [0.25, 0.3) is 5.69 Å². The average molecular weight is 304 g/mol. The molecule has 0 saturated heterocycles. The Kier molecular flexibility index (Phi) is 4.29. The van der Waals surface area contributed by atoms with Crippen molar-refractivity contribution in [3.8, 4) is 5.69 Å². The van der Waals surface area contributed by atoms with Gasteiger partial charge in [-0.2, -0.15) is 0 Å². The van der Waals surface area contributed by atoms with E-state index in [9.17, 15) is 4.79 Å². The molecule has 0 radical (unpaired) electrons. The van der Waals surface area contributed by atoms with Crippen LogP contribution in [0, 0.1) is 13.8 Å². The molecule has 0 spiro atoms. The summed E-state index contributed by atoms with van der Waals surface area (Å²) in [6.07, 6.45) is 0. The smallest absolute Gasteiger partial charge is 0.179 e. The highest BCUT2D eigenvalue weighted by Gasteiger charge is 2.17. The Morgan fingerprint density at radius 3 is 2.19 bits per heavy atom. The fraction of sp³-hybridized carbons (Fsp3) is 0.389. The summed E-state index contributed by atoms with van der Waals surface area (Å²) in [7, 11) is 0. The van der Waals surface area contributed by atoms with Gasteiger partial charge in [0, 0.05) is 22.6 Å². The summed E-state index contributed by atoms with van der Waals surface area (Å²) in [6.45, 7) is 10.6. The number of rotatable bonds is 3. The van der Waals surface area contributed by atoms with Crippen molar-refractivity contribution in [3.63, 3.8) is 0 Å². The molecule has 0 unspecified atom stereocenters. The van der Waals surface area contributed by atoms with Crippen LogP contribution in [0.1, 0.15) is 48.1 Å². The molecular formula is C18H22ClNO. The minimum Gasteiger partial charge on any atom is -0.318 e. The second-order valence-corrected chi connectivity index (χ2v) is 6.74. The molecule has 0 atom stereocenters. The molecule has 0 aliphatic carbocycles. The summed E-state index contributed by atoms with van der Waals surface area (Å²) >= 11 is 5.68. The second kappa shape index (κ2) is 5.69. The first-order chi connectivity index (χ1) is 9.75. The molecule has 0 N–H and O–H groups in total. The highest BCUT2D eigenvalue weighted by Crippen LogP contribution is 2.26. The number of Topliss-reactive ketones (excluding diaryl/α,β-unsaturated/α-hetero) is 1. The Labute approximate surface area is 131 Å². The van der Waals surface area contributed by atoms with Crippen LogP contribution >= 0.6 is 11.6 Å². The van der Waals surface area contributed by atoms with Gasteiger partial charge in [-0.05, 0) is 43.0 Å². The number of hydrogen-bond acceptors (Lipinski definition) is 1. The summed E-state index contributed by atoms with van der Waals surface area (Å²) in [4.78, 5) is 11.9. The number of benzene rings is 1. The van der Waals surface area contributed by atoms with Crippen LogP contribution in [0.4, 0.5) is 0 Å². The summed E-state index contributed by atoms with van der Waals surface area (Å²) in [5, 5.41) is 0. The molecule has 21 heavy (non-hydrogen) atoms. The number of ketones is 1. The zero-order valence-electron chi connectivity index (χ0n) is 13.3. The largest absolute Gasteiger partial charge is 0.318 e. The Bertz CT molecular complexity index is 660. The maximum absolute atomic E-state index is 11.9. The summed E-state index contributed by atoms with van der Waals surface area (Å²) in [5.74, 6) is -0.00454. The molecule has 2 rings (SSSR count). The van der Waals surface area contributed by atoms with Crippen LogP contribution in [0.2, 0.25) is 0 Å². The Balaban J connectivity index is 2.48. The Morgan fingerprint density at radius 2 is 1.71 bits per heavy atom. The highest BCUT2D eigenvalue weighted by atomic mass is 35.5. The summed E-state index contributed by atoms with van der Waals surface area (Å²) < 4.78 is 2.10. The van der Waals surface area contributed by atoms with Gasteiger partial charge in [0.15, 0.2) is 5.78 Å². The van der Waals surface area contributed by atoms with Crippen molar-refractivity contribution >= 4 is 17.4 Å². The van der Waals surface area contributed by atoms with Crippen LogP contribution in [0.5, 0.6) is 0 Å². The van der Waals surface area contributed by atoms with Gasteiger partial charge in [-0.25, -0.2) is 0 Å². The van der Waals surface area contributed by atoms with Crippen LogP contribution in [0.15, 0.2) is 30.3 Å². The predicted molar refractivity (Wildman–Crippen MR) is 89.0 cm³/mol. The first-order valence-corrected chi connectivity index (χ1v) is 7.68. The quantitative estimate of drug-likeness (QED) is 0.589. The van der Waals surface area contributed by atoms with E-state index < -0.39 is 0 Å². The lowest BCUT2D eigenvalue weighted by molar-refractivity contribution is 0.102. The van der Waals surface area contributed by atoms with Gasteiger partial charge in [-0.15, -0.1) is 11.6 Å². The van der Waals surface area contributed by atoms with Crippen molar-refractivity contribution in [1.82, 2.24) is 4.57 Å². The topological polar surface area (TPSA) is 22.0 Å². The van der Waals surface area contributed by atoms with Gasteiger partial charge in [0.05, 0.1) is 5.88 Å². The Hall–Kier alpha value is -1.54. The number of nitrogens with zero attached hydrogens (tertiary/aromatic N) is 1. The first-order valence-electron chi connectivity index (χ1n) is 7.14. The third kappa shape index (κ3) is 3.06. The number of aromatic nitrogens is 1. The summed E-state index contributed by atoms with van der Waals surface area (Å²) in [6, 6.07) is 10.4. The SMILES string of the molecule is Cc1cc(C(=O)CCl)c(C)n1-c1ccc(C(C)(C)C)cc1. The van der Waals surface area contributed by atoms with Crippen molar-refractivity contribution < 1.29 is 4.79 Å². The van der Waals surface area contributed by atoms with Gasteiger partial charge in [0.2, 0.25) is 0 Å². The lowest BCUT2D eigenvalue weighted by Gasteiger charge is -2.20. The molecular weight excluding hydrogens is 282 g/mol. The first kappa shape index (κ1) is 15.8. The van der Waals surface area contributed by atoms with Crippen molar-refractivity contribution in [3.05, 3.63) is 52.8 Å². The van der Waals surface area contributed by atoms with E-state index >= 15 is 0 Å². The number of carbonyl (C=O) groups excluding carboxylic acids is 1. The maximum Gasteiger partial charge on any atom is 0.179 e. The van der Waals surface area contributed by atoms with E-state index in [4.69, 9.17) is 11.6 Å². The van der Waals surface area contributed by atoms with E-state index in [1.54, 1.807) is 0 Å². The number of halogens is 1. The fourth-order valence-electron chi connectivity index (χ4n) is 2.62. The zero-order chi connectivity index (χ0) is 15.8. The van der Waals surface area contributed by atoms with Crippen LogP contribution in [-0.4, -0.2) is 16.2 Å². The molecule has 1 heterocycles. The molecule has 112 valence electrons. The number of hydrogen-bond donors (Lipinski definition) is 0. The number of alkyl halides is 1. The highest BCUT2D eigenvalue weighted by molar-refractivity contribution is 6.30. The third-order valence-electron chi connectivity index (χ3n) is 3.84. The van der Waals surface area contributed by atoms with Crippen LogP contribution in [-0.2, 0) is 5.41 Å². The number of aryl methyl sites for hydroxylation is 1. The molecule has 0 saturated carbocycles. The van der Waals surface area contributed by atoms with Gasteiger partial charge >= 0.3 is 0 Å². The second-order valence-electron chi connectivity index (χ2n) is 6.47. The third-order valence-corrected chi connectivity index (χ3v) is 4.09. The van der Waals surface area contributed by atoms with Gasteiger partial charge < -0.3 is 4.57 Å². The van der Waals surface area contributed by atoms with Crippen molar-refractivity contribution in [1.29, 1.82) is 0 Å². The van der Waals surface area contributed by atoms with Crippen LogP contribution < -0.4 is 0 Å². The minimum absolute atomic E-state index is 0.0211. The molecule has 2 nitrogen and oxygen atoms in total. The van der Waals surface area contributed by atoms with Crippen LogP contribution in [0.3, 0.4) is 0 Å². The maximum atomic E-state index is 11.9. The molecule has 0 bridgehead atoms. The van der Waals surface area contributed by atoms with Gasteiger partial charge in [-0.1, -0.05) is 32.9 Å². The molecule has 2 aromatic rings. The number of carbonyl (C=O) groups is 1. The predicted octanol–water partition coefficient (Wildman–Crippen LogP) is 4.81. The zero-order valence-corrected chi connectivity index (χ0v) is 14.1. The van der Waals surface area contributed by atoms with Crippen molar-refractivity contribution in [2.45, 2.75) is 40.0 Å². The molecule has 1 aromatic heterocycles. The van der Waals surface area contributed by atoms with E-state index in [0.29, 0.717) is 5.56 Å². The molecule has 0 aliphatic heterocycles. The molecule has 0 amide bonds. The minimum atomic E-state index is -0.0256. The molecule has 0 fully saturated rings.